The summed E-state index contributed by atoms with van der Waals surface area (Å²) in [7, 11) is 0. The topological polar surface area (TPSA) is 64.9 Å². The van der Waals surface area contributed by atoms with E-state index in [-0.39, 0.29) is 17.5 Å². The van der Waals surface area contributed by atoms with Gasteiger partial charge in [0, 0.05) is 0 Å². The quantitative estimate of drug-likeness (QED) is 0.852. The van der Waals surface area contributed by atoms with Gasteiger partial charge in [-0.2, -0.15) is 4.98 Å². The molecule has 0 fully saturated rings. The number of nitrogens with zero attached hydrogens (tertiary/aromatic N) is 2. The summed E-state index contributed by atoms with van der Waals surface area (Å²) < 4.78 is 18.0. The Morgan fingerprint density at radius 1 is 1.47 bits per heavy atom. The molecule has 0 aliphatic heterocycles. The molecule has 1 aromatic heterocycles. The third-order valence-electron chi connectivity index (χ3n) is 1.83. The molecule has 2 rings (SSSR count). The highest BCUT2D eigenvalue weighted by Gasteiger charge is 2.13. The standard InChI is InChI=1S/C9H7ClFN3O/c10-8-5(2-1-3-6(8)11)9-13-7(4-12)14-15-9/h1-3H,4,12H2. The summed E-state index contributed by atoms with van der Waals surface area (Å²) in [6.45, 7) is 0.163. The maximum Gasteiger partial charge on any atom is 0.259 e. The largest absolute Gasteiger partial charge is 0.334 e. The van der Waals surface area contributed by atoms with E-state index in [0.29, 0.717) is 11.4 Å². The van der Waals surface area contributed by atoms with Crippen molar-refractivity contribution in [3.05, 3.63) is 34.9 Å². The minimum absolute atomic E-state index is 0.0373. The van der Waals surface area contributed by atoms with Crippen LogP contribution in [0.3, 0.4) is 0 Å². The third kappa shape index (κ3) is 1.84. The Morgan fingerprint density at radius 3 is 2.93 bits per heavy atom. The van der Waals surface area contributed by atoms with Gasteiger partial charge < -0.3 is 10.3 Å². The van der Waals surface area contributed by atoms with Gasteiger partial charge in [-0.05, 0) is 12.1 Å². The number of benzene rings is 1. The lowest BCUT2D eigenvalue weighted by Crippen LogP contribution is -1.97. The first-order valence-corrected chi connectivity index (χ1v) is 4.57. The van der Waals surface area contributed by atoms with Crippen LogP contribution in [-0.4, -0.2) is 10.1 Å². The highest BCUT2D eigenvalue weighted by Crippen LogP contribution is 2.28. The Labute approximate surface area is 89.8 Å². The lowest BCUT2D eigenvalue weighted by Gasteiger charge is -1.98. The van der Waals surface area contributed by atoms with E-state index in [4.69, 9.17) is 21.9 Å². The van der Waals surface area contributed by atoms with Crippen molar-refractivity contribution in [2.24, 2.45) is 5.73 Å². The maximum atomic E-state index is 13.1. The van der Waals surface area contributed by atoms with Gasteiger partial charge in [-0.15, -0.1) is 0 Å². The number of halogens is 2. The highest BCUT2D eigenvalue weighted by atomic mass is 35.5. The zero-order valence-electron chi connectivity index (χ0n) is 7.58. The smallest absolute Gasteiger partial charge is 0.259 e. The Hall–Kier alpha value is -1.46. The Morgan fingerprint density at radius 2 is 2.27 bits per heavy atom. The second-order valence-corrected chi connectivity index (χ2v) is 3.20. The second-order valence-electron chi connectivity index (χ2n) is 2.82. The predicted molar refractivity (Wildman–Crippen MR) is 52.6 cm³/mol. The molecule has 0 atom stereocenters. The van der Waals surface area contributed by atoms with Crippen LogP contribution in [-0.2, 0) is 6.54 Å². The molecule has 1 aromatic carbocycles. The number of rotatable bonds is 2. The average Bonchev–Trinajstić information content (AvgIpc) is 2.70. The third-order valence-corrected chi connectivity index (χ3v) is 2.22. The van der Waals surface area contributed by atoms with E-state index in [1.165, 1.54) is 12.1 Å². The summed E-state index contributed by atoms with van der Waals surface area (Å²) in [4.78, 5) is 3.95. The first-order chi connectivity index (χ1) is 7.22. The van der Waals surface area contributed by atoms with Gasteiger partial charge in [-0.1, -0.05) is 22.8 Å². The Balaban J connectivity index is 2.49. The van der Waals surface area contributed by atoms with Crippen molar-refractivity contribution >= 4 is 11.6 Å². The molecule has 0 bridgehead atoms. The lowest BCUT2D eigenvalue weighted by molar-refractivity contribution is 0.422. The predicted octanol–water partition coefficient (Wildman–Crippen LogP) is 1.99. The monoisotopic (exact) mass is 227 g/mol. The van der Waals surface area contributed by atoms with Crippen LogP contribution in [0, 0.1) is 5.82 Å². The SMILES string of the molecule is NCc1noc(-c2cccc(F)c2Cl)n1. The molecule has 0 radical (unpaired) electrons. The fourth-order valence-corrected chi connectivity index (χ4v) is 1.32. The van der Waals surface area contributed by atoms with Gasteiger partial charge in [-0.3, -0.25) is 0 Å². The second kappa shape index (κ2) is 3.96. The van der Waals surface area contributed by atoms with Crippen LogP contribution in [0.4, 0.5) is 4.39 Å². The summed E-state index contributed by atoms with van der Waals surface area (Å²) in [5.74, 6) is -0.00746. The fraction of sp³-hybridized carbons (Fsp3) is 0.111. The minimum Gasteiger partial charge on any atom is -0.334 e. The van der Waals surface area contributed by atoms with Crippen molar-refractivity contribution in [3.8, 4) is 11.5 Å². The van der Waals surface area contributed by atoms with E-state index >= 15 is 0 Å². The van der Waals surface area contributed by atoms with Crippen molar-refractivity contribution in [3.63, 3.8) is 0 Å². The lowest BCUT2D eigenvalue weighted by atomic mass is 10.2. The van der Waals surface area contributed by atoms with Crippen molar-refractivity contribution in [2.75, 3.05) is 0 Å². The van der Waals surface area contributed by atoms with Gasteiger partial charge in [0.25, 0.3) is 5.89 Å². The number of hydrogen-bond donors (Lipinski definition) is 1. The Bertz CT molecular complexity index is 486. The van der Waals surface area contributed by atoms with Crippen LogP contribution in [0.2, 0.25) is 5.02 Å². The van der Waals surface area contributed by atoms with Crippen LogP contribution >= 0.6 is 11.6 Å². The van der Waals surface area contributed by atoms with Crippen molar-refractivity contribution in [2.45, 2.75) is 6.54 Å². The van der Waals surface area contributed by atoms with Crippen LogP contribution in [0.25, 0.3) is 11.5 Å². The van der Waals surface area contributed by atoms with Gasteiger partial charge in [0.15, 0.2) is 5.82 Å². The van der Waals surface area contributed by atoms with Gasteiger partial charge in [0.2, 0.25) is 0 Å². The van der Waals surface area contributed by atoms with Gasteiger partial charge in [0.05, 0.1) is 17.1 Å². The van der Waals surface area contributed by atoms with E-state index in [0.717, 1.165) is 0 Å². The molecule has 0 amide bonds. The van der Waals surface area contributed by atoms with Crippen molar-refractivity contribution < 1.29 is 8.91 Å². The molecule has 78 valence electrons. The van der Waals surface area contributed by atoms with Gasteiger partial charge >= 0.3 is 0 Å². The number of aromatic nitrogens is 2. The van der Waals surface area contributed by atoms with E-state index < -0.39 is 5.82 Å². The first-order valence-electron chi connectivity index (χ1n) is 4.19. The van der Waals surface area contributed by atoms with Crippen molar-refractivity contribution in [1.82, 2.24) is 10.1 Å². The van der Waals surface area contributed by atoms with Crippen molar-refractivity contribution in [1.29, 1.82) is 0 Å². The molecule has 0 spiro atoms. The van der Waals surface area contributed by atoms with Gasteiger partial charge in [0.1, 0.15) is 5.82 Å². The molecule has 0 saturated heterocycles. The van der Waals surface area contributed by atoms with E-state index in [9.17, 15) is 4.39 Å². The summed E-state index contributed by atoms with van der Waals surface area (Å²) in [6, 6.07) is 4.37. The molecule has 0 aliphatic carbocycles. The maximum absolute atomic E-state index is 13.1. The Kier molecular flexibility index (Phi) is 2.66. The summed E-state index contributed by atoms with van der Waals surface area (Å²) >= 11 is 5.75. The fourth-order valence-electron chi connectivity index (χ4n) is 1.12. The first kappa shape index (κ1) is 10.1. The number of hydrogen-bond acceptors (Lipinski definition) is 4. The zero-order valence-corrected chi connectivity index (χ0v) is 8.33. The molecule has 4 nitrogen and oxygen atoms in total. The van der Waals surface area contributed by atoms with E-state index in [2.05, 4.69) is 10.1 Å². The summed E-state index contributed by atoms with van der Waals surface area (Å²) in [6.07, 6.45) is 0. The zero-order chi connectivity index (χ0) is 10.8. The minimum atomic E-state index is -0.526. The molecular formula is C9H7ClFN3O. The molecule has 15 heavy (non-hydrogen) atoms. The van der Waals surface area contributed by atoms with Crippen LogP contribution in [0.15, 0.2) is 22.7 Å². The van der Waals surface area contributed by atoms with Crippen LogP contribution in [0.5, 0.6) is 0 Å². The molecule has 0 aliphatic rings. The van der Waals surface area contributed by atoms with Crippen LogP contribution < -0.4 is 5.73 Å². The van der Waals surface area contributed by atoms with E-state index in [1.807, 2.05) is 0 Å². The van der Waals surface area contributed by atoms with Crippen LogP contribution in [0.1, 0.15) is 5.82 Å². The molecule has 0 saturated carbocycles. The molecule has 0 unspecified atom stereocenters. The van der Waals surface area contributed by atoms with Gasteiger partial charge in [-0.25, -0.2) is 4.39 Å². The number of nitrogens with two attached hydrogens (primary N) is 1. The van der Waals surface area contributed by atoms with E-state index in [1.54, 1.807) is 6.07 Å². The molecule has 2 aromatic rings. The molecule has 1 heterocycles. The highest BCUT2D eigenvalue weighted by molar-refractivity contribution is 6.33. The molecule has 6 heteroatoms. The summed E-state index contributed by atoms with van der Waals surface area (Å²) in [5.41, 5.74) is 5.68. The summed E-state index contributed by atoms with van der Waals surface area (Å²) in [5, 5.41) is 3.55. The normalized spacial score (nSPS) is 10.6. The molecule has 2 N–H and O–H groups in total. The average molecular weight is 228 g/mol. The molecular weight excluding hydrogens is 221 g/mol.